The van der Waals surface area contributed by atoms with E-state index >= 15 is 0 Å². The van der Waals surface area contributed by atoms with Crippen LogP contribution in [-0.2, 0) is 0 Å². The van der Waals surface area contributed by atoms with E-state index in [9.17, 15) is 5.26 Å². The zero-order chi connectivity index (χ0) is 14.7. The van der Waals surface area contributed by atoms with Crippen molar-refractivity contribution in [1.29, 1.82) is 5.26 Å². The van der Waals surface area contributed by atoms with E-state index in [1.165, 1.54) is 11.3 Å². The third-order valence-electron chi connectivity index (χ3n) is 3.21. The van der Waals surface area contributed by atoms with Gasteiger partial charge in [-0.05, 0) is 12.2 Å². The van der Waals surface area contributed by atoms with E-state index in [-0.39, 0.29) is 0 Å². The fourth-order valence-corrected chi connectivity index (χ4v) is 2.96. The molecule has 0 atom stereocenters. The molecule has 102 valence electrons. The number of thiazole rings is 1. The fraction of sp³-hybridized carbons (Fsp3) is 0.0588. The number of aromatic nitrogens is 1. The molecule has 0 unspecified atom stereocenters. The number of nitrogens with zero attached hydrogens (tertiary/aromatic N) is 3. The molecule has 1 aliphatic rings. The Morgan fingerprint density at radius 1 is 1.24 bits per heavy atom. The molecule has 2 heterocycles. The zero-order valence-corrected chi connectivity index (χ0v) is 12.3. The minimum absolute atomic E-state index is 0.602. The van der Waals surface area contributed by atoms with Crippen molar-refractivity contribution in [2.75, 3.05) is 7.05 Å². The van der Waals surface area contributed by atoms with E-state index in [4.69, 9.17) is 0 Å². The first-order valence-electron chi connectivity index (χ1n) is 6.53. The van der Waals surface area contributed by atoms with Gasteiger partial charge in [0.25, 0.3) is 0 Å². The first-order valence-corrected chi connectivity index (χ1v) is 7.41. The minimum atomic E-state index is 0.602. The van der Waals surface area contributed by atoms with Gasteiger partial charge in [-0.3, -0.25) is 0 Å². The third-order valence-corrected chi connectivity index (χ3v) is 4.07. The highest BCUT2D eigenvalue weighted by atomic mass is 32.1. The first-order chi connectivity index (χ1) is 10.3. The van der Waals surface area contributed by atoms with E-state index in [2.05, 4.69) is 11.1 Å². The molecule has 4 heteroatoms. The number of hydrogen-bond acceptors (Lipinski definition) is 4. The van der Waals surface area contributed by atoms with Crippen molar-refractivity contribution < 1.29 is 0 Å². The second-order valence-corrected chi connectivity index (χ2v) is 5.45. The fourth-order valence-electron chi connectivity index (χ4n) is 2.13. The Labute approximate surface area is 127 Å². The molecule has 0 bridgehead atoms. The van der Waals surface area contributed by atoms with Crippen LogP contribution in [-0.4, -0.2) is 16.9 Å². The lowest BCUT2D eigenvalue weighted by Gasteiger charge is -2.18. The molecule has 2 aromatic rings. The van der Waals surface area contributed by atoms with Crippen LogP contribution in [0, 0.1) is 11.3 Å². The van der Waals surface area contributed by atoms with Gasteiger partial charge in [-0.15, -0.1) is 11.3 Å². The monoisotopic (exact) mass is 291 g/mol. The van der Waals surface area contributed by atoms with Gasteiger partial charge in [0.1, 0.15) is 16.6 Å². The van der Waals surface area contributed by atoms with Crippen molar-refractivity contribution in [3.05, 3.63) is 70.8 Å². The number of benzene rings is 1. The van der Waals surface area contributed by atoms with Gasteiger partial charge < -0.3 is 4.90 Å². The lowest BCUT2D eigenvalue weighted by molar-refractivity contribution is 0.587. The molecule has 0 spiro atoms. The van der Waals surface area contributed by atoms with E-state index in [0.29, 0.717) is 5.57 Å². The molecule has 0 amide bonds. The standard InChI is InChI=1S/C17H13N3S/c1-20-10-6-5-9-16(20)14(11-18)17-19-15(12-21-17)13-7-3-2-4-8-13/h2-10,12H,1H3. The molecule has 1 aromatic heterocycles. The average molecular weight is 291 g/mol. The van der Waals surface area contributed by atoms with Crippen LogP contribution in [0.25, 0.3) is 16.8 Å². The minimum Gasteiger partial charge on any atom is -0.350 e. The van der Waals surface area contributed by atoms with Gasteiger partial charge >= 0.3 is 0 Å². The summed E-state index contributed by atoms with van der Waals surface area (Å²) in [7, 11) is 1.93. The zero-order valence-electron chi connectivity index (χ0n) is 11.5. The van der Waals surface area contributed by atoms with Gasteiger partial charge in [0.15, 0.2) is 0 Å². The average Bonchev–Trinajstić information content (AvgIpc) is 3.00. The van der Waals surface area contributed by atoms with Crippen LogP contribution in [0.5, 0.6) is 0 Å². The Morgan fingerprint density at radius 2 is 2.05 bits per heavy atom. The van der Waals surface area contributed by atoms with E-state index in [1.807, 2.05) is 72.1 Å². The van der Waals surface area contributed by atoms with Crippen molar-refractivity contribution in [1.82, 2.24) is 9.88 Å². The van der Waals surface area contributed by atoms with Gasteiger partial charge in [0.2, 0.25) is 0 Å². The van der Waals surface area contributed by atoms with Gasteiger partial charge in [0.05, 0.1) is 11.4 Å². The molecular weight excluding hydrogens is 278 g/mol. The van der Waals surface area contributed by atoms with Crippen molar-refractivity contribution in [3.8, 4) is 17.3 Å². The maximum absolute atomic E-state index is 9.50. The Morgan fingerprint density at radius 3 is 2.76 bits per heavy atom. The summed E-state index contributed by atoms with van der Waals surface area (Å²) in [5.74, 6) is 0. The Hall–Kier alpha value is -2.64. The van der Waals surface area contributed by atoms with Gasteiger partial charge in [-0.25, -0.2) is 4.98 Å². The summed E-state index contributed by atoms with van der Waals surface area (Å²) in [5, 5.41) is 12.2. The number of hydrogen-bond donors (Lipinski definition) is 0. The highest BCUT2D eigenvalue weighted by Gasteiger charge is 2.15. The number of allylic oxidation sites excluding steroid dienone is 4. The highest BCUT2D eigenvalue weighted by Crippen LogP contribution is 2.29. The van der Waals surface area contributed by atoms with Crippen LogP contribution < -0.4 is 0 Å². The Kier molecular flexibility index (Phi) is 3.67. The first kappa shape index (κ1) is 13.3. The predicted molar refractivity (Wildman–Crippen MR) is 86.1 cm³/mol. The van der Waals surface area contributed by atoms with Crippen LogP contribution in [0.15, 0.2) is 65.8 Å². The Bertz CT molecular complexity index is 776. The summed E-state index contributed by atoms with van der Waals surface area (Å²) < 4.78 is 0. The molecule has 0 saturated carbocycles. The Balaban J connectivity index is 2.03. The summed E-state index contributed by atoms with van der Waals surface area (Å²) in [6, 6.07) is 12.3. The van der Waals surface area contributed by atoms with E-state index in [1.54, 1.807) is 0 Å². The molecular formula is C17H13N3S. The second-order valence-electron chi connectivity index (χ2n) is 4.59. The summed E-state index contributed by atoms with van der Waals surface area (Å²) in [6.07, 6.45) is 7.73. The summed E-state index contributed by atoms with van der Waals surface area (Å²) in [6.45, 7) is 0. The van der Waals surface area contributed by atoms with Gasteiger partial charge in [-0.2, -0.15) is 5.26 Å². The van der Waals surface area contributed by atoms with E-state index in [0.717, 1.165) is 22.0 Å². The lowest BCUT2D eigenvalue weighted by Crippen LogP contribution is -2.12. The van der Waals surface area contributed by atoms with Crippen LogP contribution >= 0.6 is 11.3 Å². The largest absolute Gasteiger partial charge is 0.350 e. The highest BCUT2D eigenvalue weighted by molar-refractivity contribution is 7.11. The van der Waals surface area contributed by atoms with Crippen molar-refractivity contribution in [2.45, 2.75) is 0 Å². The molecule has 1 aliphatic heterocycles. The molecule has 1 aromatic carbocycles. The summed E-state index contributed by atoms with van der Waals surface area (Å²) in [5.41, 5.74) is 3.44. The molecule has 0 radical (unpaired) electrons. The van der Waals surface area contributed by atoms with Crippen LogP contribution in [0.4, 0.5) is 0 Å². The number of nitriles is 1. The van der Waals surface area contributed by atoms with Gasteiger partial charge in [-0.1, -0.05) is 36.4 Å². The second kappa shape index (κ2) is 5.78. The predicted octanol–water partition coefficient (Wildman–Crippen LogP) is 4.06. The maximum atomic E-state index is 9.50. The maximum Gasteiger partial charge on any atom is 0.136 e. The smallest absolute Gasteiger partial charge is 0.136 e. The van der Waals surface area contributed by atoms with Crippen molar-refractivity contribution in [2.24, 2.45) is 0 Å². The van der Waals surface area contributed by atoms with Crippen molar-refractivity contribution >= 4 is 16.9 Å². The van der Waals surface area contributed by atoms with Crippen LogP contribution in [0.2, 0.25) is 0 Å². The molecule has 0 N–H and O–H groups in total. The topological polar surface area (TPSA) is 39.9 Å². The molecule has 0 aliphatic carbocycles. The summed E-state index contributed by atoms with van der Waals surface area (Å²) >= 11 is 1.50. The number of rotatable bonds is 2. The lowest BCUT2D eigenvalue weighted by atomic mass is 10.1. The number of likely N-dealkylation sites (N-methyl/N-ethyl adjacent to an activating group) is 1. The SMILES string of the molecule is CN1C=CC=CC1=C(C#N)c1nc(-c2ccccc2)cs1. The molecule has 3 nitrogen and oxygen atoms in total. The van der Waals surface area contributed by atoms with Crippen molar-refractivity contribution in [3.63, 3.8) is 0 Å². The molecule has 3 rings (SSSR count). The quantitative estimate of drug-likeness (QED) is 0.783. The normalized spacial score (nSPS) is 15.9. The van der Waals surface area contributed by atoms with Crippen LogP contribution in [0.1, 0.15) is 5.01 Å². The third kappa shape index (κ3) is 2.64. The molecule has 0 fully saturated rings. The molecule has 21 heavy (non-hydrogen) atoms. The molecule has 0 saturated heterocycles. The summed E-state index contributed by atoms with van der Waals surface area (Å²) in [4.78, 5) is 6.55. The van der Waals surface area contributed by atoms with Gasteiger partial charge in [0, 0.05) is 24.2 Å². The van der Waals surface area contributed by atoms with Crippen LogP contribution in [0.3, 0.4) is 0 Å². The van der Waals surface area contributed by atoms with E-state index < -0.39 is 0 Å².